The van der Waals surface area contributed by atoms with Crippen molar-refractivity contribution in [1.29, 1.82) is 5.26 Å². The van der Waals surface area contributed by atoms with E-state index in [1.165, 1.54) is 4.90 Å². The van der Waals surface area contributed by atoms with Crippen molar-refractivity contribution >= 4 is 17.7 Å². The quantitative estimate of drug-likeness (QED) is 0.887. The minimum absolute atomic E-state index is 0.0817. The monoisotopic (exact) mass is 317 g/mol. The predicted molar refractivity (Wildman–Crippen MR) is 83.3 cm³/mol. The molecular formula is C16H19N3O4. The minimum atomic E-state index is -0.893. The number of nitriles is 1. The van der Waals surface area contributed by atoms with Gasteiger partial charge >= 0.3 is 12.0 Å². The first-order chi connectivity index (χ1) is 10.9. The van der Waals surface area contributed by atoms with Crippen molar-refractivity contribution in [3.8, 4) is 11.8 Å². The maximum atomic E-state index is 12.3. The van der Waals surface area contributed by atoms with Crippen LogP contribution in [0.3, 0.4) is 0 Å². The summed E-state index contributed by atoms with van der Waals surface area (Å²) in [6.07, 6.45) is 0.359. The summed E-state index contributed by atoms with van der Waals surface area (Å²) < 4.78 is 5.63. The van der Waals surface area contributed by atoms with E-state index in [0.717, 1.165) is 0 Å². The van der Waals surface area contributed by atoms with Crippen molar-refractivity contribution in [2.75, 3.05) is 18.4 Å². The number of hydrogen-bond acceptors (Lipinski definition) is 4. The Morgan fingerprint density at radius 1 is 1.48 bits per heavy atom. The van der Waals surface area contributed by atoms with Crippen LogP contribution in [0.15, 0.2) is 18.2 Å². The van der Waals surface area contributed by atoms with E-state index in [1.54, 1.807) is 18.2 Å². The maximum Gasteiger partial charge on any atom is 0.321 e. The van der Waals surface area contributed by atoms with Crippen LogP contribution < -0.4 is 10.1 Å². The number of aliphatic carboxylic acids is 1. The third-order valence-electron chi connectivity index (χ3n) is 3.54. The molecule has 0 aliphatic carbocycles. The molecule has 7 nitrogen and oxygen atoms in total. The van der Waals surface area contributed by atoms with Crippen LogP contribution in [0.5, 0.6) is 5.75 Å². The normalized spacial score (nSPS) is 17.0. The van der Waals surface area contributed by atoms with E-state index >= 15 is 0 Å². The molecule has 7 heteroatoms. The fraction of sp³-hybridized carbons (Fsp3) is 0.438. The average Bonchev–Trinajstić information content (AvgIpc) is 2.98. The number of ether oxygens (including phenoxy) is 1. The van der Waals surface area contributed by atoms with Crippen LogP contribution in [-0.4, -0.2) is 41.2 Å². The van der Waals surface area contributed by atoms with E-state index in [2.05, 4.69) is 5.32 Å². The number of nitrogens with one attached hydrogen (secondary N) is 1. The lowest BCUT2D eigenvalue weighted by Crippen LogP contribution is -2.34. The Bertz CT molecular complexity index is 651. The van der Waals surface area contributed by atoms with Crippen LogP contribution >= 0.6 is 0 Å². The standard InChI is InChI=1S/C16H19N3O4/c1-10(2)23-14-4-3-11(8-17)7-13(14)18-16(22)19-6-5-12(9-19)15(20)21/h3-4,7,10,12H,5-6,9H2,1-2H3,(H,18,22)(H,20,21). The molecule has 1 saturated heterocycles. The van der Waals surface area contributed by atoms with E-state index in [4.69, 9.17) is 15.1 Å². The predicted octanol–water partition coefficient (Wildman–Crippen LogP) is 2.28. The summed E-state index contributed by atoms with van der Waals surface area (Å²) in [4.78, 5) is 24.7. The first-order valence-corrected chi connectivity index (χ1v) is 7.40. The number of carboxylic acids is 1. The number of carboxylic acid groups (broad SMARTS) is 1. The SMILES string of the molecule is CC(C)Oc1ccc(C#N)cc1NC(=O)N1CCC(C(=O)O)C1. The molecule has 1 heterocycles. The number of rotatable bonds is 4. The molecule has 1 fully saturated rings. The lowest BCUT2D eigenvalue weighted by molar-refractivity contribution is -0.141. The number of nitrogens with zero attached hydrogens (tertiary/aromatic N) is 2. The highest BCUT2D eigenvalue weighted by molar-refractivity contribution is 5.92. The summed E-state index contributed by atoms with van der Waals surface area (Å²) in [6.45, 7) is 4.30. The highest BCUT2D eigenvalue weighted by Gasteiger charge is 2.31. The molecule has 0 saturated carbocycles. The molecule has 1 aliphatic rings. The number of amides is 2. The van der Waals surface area contributed by atoms with Gasteiger partial charge < -0.3 is 20.1 Å². The summed E-state index contributed by atoms with van der Waals surface area (Å²) in [5.74, 6) is -0.950. The average molecular weight is 317 g/mol. The second-order valence-electron chi connectivity index (χ2n) is 5.69. The fourth-order valence-corrected chi connectivity index (χ4v) is 2.39. The number of urea groups is 1. The van der Waals surface area contributed by atoms with Crippen molar-refractivity contribution in [2.45, 2.75) is 26.4 Å². The smallest absolute Gasteiger partial charge is 0.321 e. The summed E-state index contributed by atoms with van der Waals surface area (Å²) >= 11 is 0. The molecule has 2 rings (SSSR count). The van der Waals surface area contributed by atoms with Gasteiger partial charge in [-0.3, -0.25) is 4.79 Å². The van der Waals surface area contributed by atoms with E-state index in [0.29, 0.717) is 30.0 Å². The molecule has 1 aliphatic heterocycles. The molecule has 1 atom stereocenters. The first-order valence-electron chi connectivity index (χ1n) is 7.40. The molecule has 23 heavy (non-hydrogen) atoms. The Labute approximate surface area is 134 Å². The number of benzene rings is 1. The lowest BCUT2D eigenvalue weighted by atomic mass is 10.1. The van der Waals surface area contributed by atoms with Crippen molar-refractivity contribution in [2.24, 2.45) is 5.92 Å². The maximum absolute atomic E-state index is 12.3. The van der Waals surface area contributed by atoms with E-state index in [-0.39, 0.29) is 12.6 Å². The fourth-order valence-electron chi connectivity index (χ4n) is 2.39. The number of carbonyl (C=O) groups excluding carboxylic acids is 1. The van der Waals surface area contributed by atoms with E-state index in [9.17, 15) is 9.59 Å². The van der Waals surface area contributed by atoms with Crippen LogP contribution in [-0.2, 0) is 4.79 Å². The molecule has 122 valence electrons. The molecule has 1 aromatic carbocycles. The Morgan fingerprint density at radius 3 is 2.78 bits per heavy atom. The highest BCUT2D eigenvalue weighted by atomic mass is 16.5. The molecule has 0 spiro atoms. The summed E-state index contributed by atoms with van der Waals surface area (Å²) in [5.41, 5.74) is 0.808. The Balaban J connectivity index is 2.13. The Morgan fingerprint density at radius 2 is 2.22 bits per heavy atom. The van der Waals surface area contributed by atoms with Crippen LogP contribution in [0, 0.1) is 17.2 Å². The number of hydrogen-bond donors (Lipinski definition) is 2. The summed E-state index contributed by atoms with van der Waals surface area (Å²) in [7, 11) is 0. The second kappa shape index (κ2) is 7.01. The summed E-state index contributed by atoms with van der Waals surface area (Å²) in [5, 5.41) is 20.7. The third kappa shape index (κ3) is 4.13. The van der Waals surface area contributed by atoms with Gasteiger partial charge in [0, 0.05) is 13.1 Å². The largest absolute Gasteiger partial charge is 0.489 e. The van der Waals surface area contributed by atoms with Gasteiger partial charge in [-0.1, -0.05) is 0 Å². The van der Waals surface area contributed by atoms with Gasteiger partial charge in [-0.05, 0) is 38.5 Å². The van der Waals surface area contributed by atoms with E-state index < -0.39 is 17.9 Å². The molecule has 0 bridgehead atoms. The van der Waals surface area contributed by atoms with Crippen molar-refractivity contribution in [3.05, 3.63) is 23.8 Å². The van der Waals surface area contributed by atoms with Gasteiger partial charge in [0.1, 0.15) is 5.75 Å². The molecule has 0 aromatic heterocycles. The van der Waals surface area contributed by atoms with Crippen LogP contribution in [0.1, 0.15) is 25.8 Å². The summed E-state index contributed by atoms with van der Waals surface area (Å²) in [6, 6.07) is 6.42. The number of anilines is 1. The van der Waals surface area contributed by atoms with Gasteiger partial charge in [-0.2, -0.15) is 5.26 Å². The van der Waals surface area contributed by atoms with E-state index in [1.807, 2.05) is 19.9 Å². The van der Waals surface area contributed by atoms with Crippen LogP contribution in [0.25, 0.3) is 0 Å². The van der Waals surface area contributed by atoms with Gasteiger partial charge in [0.05, 0.1) is 29.3 Å². The van der Waals surface area contributed by atoms with Crippen molar-refractivity contribution in [3.63, 3.8) is 0 Å². The zero-order valence-corrected chi connectivity index (χ0v) is 13.1. The van der Waals surface area contributed by atoms with Crippen LogP contribution in [0.2, 0.25) is 0 Å². The lowest BCUT2D eigenvalue weighted by Gasteiger charge is -2.19. The minimum Gasteiger partial charge on any atom is -0.489 e. The van der Waals surface area contributed by atoms with Gasteiger partial charge in [0.25, 0.3) is 0 Å². The third-order valence-corrected chi connectivity index (χ3v) is 3.54. The number of likely N-dealkylation sites (tertiary alicyclic amines) is 1. The molecule has 0 radical (unpaired) electrons. The zero-order valence-electron chi connectivity index (χ0n) is 13.1. The Hall–Kier alpha value is -2.75. The highest BCUT2D eigenvalue weighted by Crippen LogP contribution is 2.28. The van der Waals surface area contributed by atoms with Gasteiger partial charge in [0.2, 0.25) is 0 Å². The Kier molecular flexibility index (Phi) is 5.06. The molecule has 1 aromatic rings. The van der Waals surface area contributed by atoms with Crippen LogP contribution in [0.4, 0.5) is 10.5 Å². The molecule has 2 N–H and O–H groups in total. The van der Waals surface area contributed by atoms with Gasteiger partial charge in [-0.15, -0.1) is 0 Å². The zero-order chi connectivity index (χ0) is 17.0. The molecule has 2 amide bonds. The second-order valence-corrected chi connectivity index (χ2v) is 5.69. The van der Waals surface area contributed by atoms with Gasteiger partial charge in [-0.25, -0.2) is 4.79 Å². The first kappa shape index (κ1) is 16.6. The topological polar surface area (TPSA) is 103 Å². The van der Waals surface area contributed by atoms with Crippen molar-refractivity contribution < 1.29 is 19.4 Å². The van der Waals surface area contributed by atoms with Crippen molar-refractivity contribution in [1.82, 2.24) is 4.90 Å². The number of carbonyl (C=O) groups is 2. The van der Waals surface area contributed by atoms with Gasteiger partial charge in [0.15, 0.2) is 0 Å². The molecular weight excluding hydrogens is 298 g/mol. The molecule has 1 unspecified atom stereocenters.